The van der Waals surface area contributed by atoms with Crippen molar-refractivity contribution in [2.45, 2.75) is 6.92 Å². The molecular formula is C23H23NO5. The van der Waals surface area contributed by atoms with E-state index in [1.165, 1.54) is 0 Å². The monoisotopic (exact) mass is 393 g/mol. The van der Waals surface area contributed by atoms with Crippen LogP contribution in [0.15, 0.2) is 66.7 Å². The van der Waals surface area contributed by atoms with Gasteiger partial charge in [0.1, 0.15) is 17.2 Å². The first-order valence-electron chi connectivity index (χ1n) is 9.17. The molecule has 1 amide bonds. The van der Waals surface area contributed by atoms with Crippen LogP contribution >= 0.6 is 0 Å². The smallest absolute Gasteiger partial charge is 0.255 e. The van der Waals surface area contributed by atoms with Gasteiger partial charge >= 0.3 is 0 Å². The van der Waals surface area contributed by atoms with Crippen molar-refractivity contribution in [1.29, 1.82) is 0 Å². The lowest BCUT2D eigenvalue weighted by Crippen LogP contribution is -2.12. The Morgan fingerprint density at radius 1 is 0.793 bits per heavy atom. The van der Waals surface area contributed by atoms with Gasteiger partial charge in [0.2, 0.25) is 0 Å². The van der Waals surface area contributed by atoms with Crippen molar-refractivity contribution in [1.82, 2.24) is 0 Å². The molecule has 150 valence electrons. The lowest BCUT2D eigenvalue weighted by molar-refractivity contribution is 0.102. The number of amides is 1. The molecule has 0 saturated heterocycles. The third-order valence-corrected chi connectivity index (χ3v) is 4.13. The Kier molecular flexibility index (Phi) is 6.58. The lowest BCUT2D eigenvalue weighted by Gasteiger charge is -2.11. The van der Waals surface area contributed by atoms with Crippen LogP contribution in [0.25, 0.3) is 0 Å². The maximum atomic E-state index is 12.5. The summed E-state index contributed by atoms with van der Waals surface area (Å²) in [6.07, 6.45) is 0. The van der Waals surface area contributed by atoms with E-state index in [-0.39, 0.29) is 5.91 Å². The first-order valence-corrected chi connectivity index (χ1v) is 9.17. The summed E-state index contributed by atoms with van der Waals surface area (Å²) in [7, 11) is 3.16. The molecule has 0 aliphatic heterocycles. The average Bonchev–Trinajstić information content (AvgIpc) is 2.76. The average molecular weight is 393 g/mol. The van der Waals surface area contributed by atoms with E-state index in [9.17, 15) is 4.79 Å². The molecule has 3 rings (SSSR count). The van der Waals surface area contributed by atoms with Gasteiger partial charge in [0.15, 0.2) is 11.5 Å². The van der Waals surface area contributed by atoms with E-state index in [0.29, 0.717) is 40.9 Å². The van der Waals surface area contributed by atoms with Crippen LogP contribution in [0.2, 0.25) is 0 Å². The molecule has 3 aromatic rings. The van der Waals surface area contributed by atoms with Crippen molar-refractivity contribution in [3.63, 3.8) is 0 Å². The van der Waals surface area contributed by atoms with Gasteiger partial charge in [0.25, 0.3) is 5.91 Å². The first kappa shape index (κ1) is 20.1. The Bertz CT molecular complexity index is 952. The van der Waals surface area contributed by atoms with E-state index in [0.717, 1.165) is 5.75 Å². The third kappa shape index (κ3) is 5.19. The molecule has 0 saturated carbocycles. The lowest BCUT2D eigenvalue weighted by atomic mass is 10.2. The van der Waals surface area contributed by atoms with Crippen molar-refractivity contribution < 1.29 is 23.7 Å². The summed E-state index contributed by atoms with van der Waals surface area (Å²) in [5.41, 5.74) is 1.13. The molecule has 0 heterocycles. The van der Waals surface area contributed by atoms with Crippen molar-refractivity contribution in [3.05, 3.63) is 72.3 Å². The van der Waals surface area contributed by atoms with Crippen molar-refractivity contribution >= 4 is 11.6 Å². The zero-order valence-corrected chi connectivity index (χ0v) is 16.6. The standard InChI is InChI=1S/C23H23NO5/c1-4-28-21-14-5-16(15-22(21)27-3)23(25)24-17-6-8-19(9-7-17)29-20-12-10-18(26-2)11-13-20/h5-15H,4H2,1-3H3,(H,24,25). The Hall–Kier alpha value is -3.67. The summed E-state index contributed by atoms with van der Waals surface area (Å²) in [5.74, 6) is 3.01. The minimum absolute atomic E-state index is 0.241. The molecule has 0 aliphatic rings. The van der Waals surface area contributed by atoms with Crippen LogP contribution < -0.4 is 24.3 Å². The number of carbonyl (C=O) groups excluding carboxylic acids is 1. The predicted molar refractivity (Wildman–Crippen MR) is 112 cm³/mol. The molecule has 0 aromatic heterocycles. The second kappa shape index (κ2) is 9.50. The Morgan fingerprint density at radius 2 is 1.41 bits per heavy atom. The molecule has 29 heavy (non-hydrogen) atoms. The van der Waals surface area contributed by atoms with Crippen molar-refractivity contribution in [2.75, 3.05) is 26.1 Å². The summed E-state index contributed by atoms with van der Waals surface area (Å²) in [4.78, 5) is 12.5. The van der Waals surface area contributed by atoms with Crippen LogP contribution in [0.4, 0.5) is 5.69 Å². The maximum Gasteiger partial charge on any atom is 0.255 e. The molecule has 6 nitrogen and oxygen atoms in total. The first-order chi connectivity index (χ1) is 14.1. The van der Waals surface area contributed by atoms with Gasteiger partial charge in [-0.15, -0.1) is 0 Å². The number of hydrogen-bond donors (Lipinski definition) is 1. The summed E-state index contributed by atoms with van der Waals surface area (Å²) < 4.78 is 21.7. The topological polar surface area (TPSA) is 66.0 Å². The number of hydrogen-bond acceptors (Lipinski definition) is 5. The Labute approximate surface area is 170 Å². The van der Waals surface area contributed by atoms with Crippen LogP contribution in [0.5, 0.6) is 28.7 Å². The highest BCUT2D eigenvalue weighted by atomic mass is 16.5. The molecule has 0 spiro atoms. The van der Waals surface area contributed by atoms with Gasteiger partial charge in [-0.1, -0.05) is 0 Å². The van der Waals surface area contributed by atoms with Gasteiger partial charge in [-0.2, -0.15) is 0 Å². The van der Waals surface area contributed by atoms with Crippen LogP contribution in [0, 0.1) is 0 Å². The van der Waals surface area contributed by atoms with Gasteiger partial charge < -0.3 is 24.3 Å². The van der Waals surface area contributed by atoms with E-state index < -0.39 is 0 Å². The fourth-order valence-electron chi connectivity index (χ4n) is 2.67. The number of nitrogens with one attached hydrogen (secondary N) is 1. The Morgan fingerprint density at radius 3 is 2.00 bits per heavy atom. The highest BCUT2D eigenvalue weighted by Gasteiger charge is 2.11. The molecule has 6 heteroatoms. The Balaban J connectivity index is 1.65. The van der Waals surface area contributed by atoms with E-state index in [4.69, 9.17) is 18.9 Å². The van der Waals surface area contributed by atoms with Gasteiger partial charge in [0.05, 0.1) is 20.8 Å². The highest BCUT2D eigenvalue weighted by Crippen LogP contribution is 2.29. The second-order valence-corrected chi connectivity index (χ2v) is 6.05. The zero-order valence-electron chi connectivity index (χ0n) is 16.6. The number of carbonyl (C=O) groups is 1. The predicted octanol–water partition coefficient (Wildman–Crippen LogP) is 5.15. The number of anilines is 1. The number of ether oxygens (including phenoxy) is 4. The van der Waals surface area contributed by atoms with E-state index >= 15 is 0 Å². The number of benzene rings is 3. The molecule has 0 aliphatic carbocycles. The van der Waals surface area contributed by atoms with Gasteiger partial charge in [-0.05, 0) is 73.7 Å². The number of methoxy groups -OCH3 is 2. The minimum atomic E-state index is -0.241. The fraction of sp³-hybridized carbons (Fsp3) is 0.174. The summed E-state index contributed by atoms with van der Waals surface area (Å²) in [5, 5.41) is 2.86. The highest BCUT2D eigenvalue weighted by molar-refractivity contribution is 6.04. The van der Waals surface area contributed by atoms with Crippen molar-refractivity contribution in [3.8, 4) is 28.7 Å². The van der Waals surface area contributed by atoms with Crippen LogP contribution in [0.3, 0.4) is 0 Å². The fourth-order valence-corrected chi connectivity index (χ4v) is 2.67. The molecule has 0 unspecified atom stereocenters. The molecule has 0 atom stereocenters. The summed E-state index contributed by atoms with van der Waals surface area (Å²) in [6.45, 7) is 2.41. The van der Waals surface area contributed by atoms with Crippen molar-refractivity contribution in [2.24, 2.45) is 0 Å². The molecule has 0 radical (unpaired) electrons. The molecule has 3 aromatic carbocycles. The summed E-state index contributed by atoms with van der Waals surface area (Å²) in [6, 6.07) is 19.5. The van der Waals surface area contributed by atoms with Crippen LogP contribution in [0.1, 0.15) is 17.3 Å². The largest absolute Gasteiger partial charge is 0.497 e. The molecule has 0 bridgehead atoms. The van der Waals surface area contributed by atoms with E-state index in [2.05, 4.69) is 5.32 Å². The second-order valence-electron chi connectivity index (χ2n) is 6.05. The van der Waals surface area contributed by atoms with E-state index in [1.54, 1.807) is 56.7 Å². The zero-order chi connectivity index (χ0) is 20.6. The van der Waals surface area contributed by atoms with Gasteiger partial charge in [-0.3, -0.25) is 4.79 Å². The molecule has 1 N–H and O–H groups in total. The van der Waals surface area contributed by atoms with Gasteiger partial charge in [0, 0.05) is 11.3 Å². The van der Waals surface area contributed by atoms with Crippen LogP contribution in [-0.4, -0.2) is 26.7 Å². The normalized spacial score (nSPS) is 10.2. The SMILES string of the molecule is CCOc1ccc(C(=O)Nc2ccc(Oc3ccc(OC)cc3)cc2)cc1OC. The van der Waals surface area contributed by atoms with E-state index in [1.807, 2.05) is 31.2 Å². The third-order valence-electron chi connectivity index (χ3n) is 4.13. The minimum Gasteiger partial charge on any atom is -0.497 e. The van der Waals surface area contributed by atoms with Crippen LogP contribution in [-0.2, 0) is 0 Å². The molecular weight excluding hydrogens is 370 g/mol. The number of rotatable bonds is 8. The quantitative estimate of drug-likeness (QED) is 0.573. The summed E-state index contributed by atoms with van der Waals surface area (Å²) >= 11 is 0. The maximum absolute atomic E-state index is 12.5. The van der Waals surface area contributed by atoms with Gasteiger partial charge in [-0.25, -0.2) is 0 Å². The molecule has 0 fully saturated rings.